The molecule has 4 aromatic carbocycles. The third kappa shape index (κ3) is 2.36. The van der Waals surface area contributed by atoms with Crippen molar-refractivity contribution >= 4 is 64.4 Å². The summed E-state index contributed by atoms with van der Waals surface area (Å²) in [4.78, 5) is 5.00. The van der Waals surface area contributed by atoms with Crippen molar-refractivity contribution in [2.24, 2.45) is 0 Å². The highest BCUT2D eigenvalue weighted by Crippen LogP contribution is 2.43. The molecule has 3 heterocycles. The molecule has 0 aliphatic rings. The number of thiophene rings is 1. The summed E-state index contributed by atoms with van der Waals surface area (Å²) in [7, 11) is 0. The van der Waals surface area contributed by atoms with Crippen LogP contribution in [0.15, 0.2) is 83.3 Å². The maximum Gasteiger partial charge on any atom is 0.162 e. The van der Waals surface area contributed by atoms with Crippen LogP contribution in [-0.4, -0.2) is 4.98 Å². The summed E-state index contributed by atoms with van der Waals surface area (Å²) in [6.45, 7) is 2.14. The lowest BCUT2D eigenvalue weighted by Gasteiger charge is -2.08. The Hall–Kier alpha value is -3.76. The van der Waals surface area contributed by atoms with Gasteiger partial charge in [0.2, 0.25) is 0 Å². The fourth-order valence-corrected chi connectivity index (χ4v) is 5.97. The van der Waals surface area contributed by atoms with Gasteiger partial charge in [-0.3, -0.25) is 0 Å². The average molecular weight is 434 g/mol. The predicted octanol–water partition coefficient (Wildman–Crippen LogP) is 8.62. The van der Waals surface area contributed by atoms with Crippen LogP contribution in [-0.2, 0) is 0 Å². The first-order chi connectivity index (χ1) is 15.7. The SMILES string of the molecule is Cc1cc(-c2nc3ccccc3c3c2oc2cccc(F)c23)cc2c1sc1ccccc12. The molecular formula is C28H16FNOS. The first kappa shape index (κ1) is 17.9. The molecule has 0 bridgehead atoms. The molecule has 0 saturated heterocycles. The predicted molar refractivity (Wildman–Crippen MR) is 132 cm³/mol. The van der Waals surface area contributed by atoms with Crippen LogP contribution in [0, 0.1) is 12.7 Å². The first-order valence-corrected chi connectivity index (χ1v) is 11.3. The third-order valence-electron chi connectivity index (χ3n) is 6.22. The number of aromatic nitrogens is 1. The number of furan rings is 1. The Bertz CT molecular complexity index is 1860. The van der Waals surface area contributed by atoms with Crippen LogP contribution in [0.1, 0.15) is 5.56 Å². The van der Waals surface area contributed by atoms with Gasteiger partial charge in [0, 0.05) is 36.5 Å². The molecule has 2 nitrogen and oxygen atoms in total. The van der Waals surface area contributed by atoms with E-state index in [0.717, 1.165) is 27.5 Å². The largest absolute Gasteiger partial charge is 0.454 e. The molecule has 0 radical (unpaired) electrons. The van der Waals surface area contributed by atoms with Gasteiger partial charge in [0.05, 0.1) is 10.9 Å². The van der Waals surface area contributed by atoms with Crippen molar-refractivity contribution in [3.63, 3.8) is 0 Å². The van der Waals surface area contributed by atoms with Crippen LogP contribution in [0.3, 0.4) is 0 Å². The van der Waals surface area contributed by atoms with Crippen molar-refractivity contribution in [3.8, 4) is 11.3 Å². The van der Waals surface area contributed by atoms with Crippen LogP contribution in [0.25, 0.3) is 64.3 Å². The molecule has 0 aliphatic carbocycles. The summed E-state index contributed by atoms with van der Waals surface area (Å²) >= 11 is 1.81. The number of hydrogen-bond acceptors (Lipinski definition) is 3. The van der Waals surface area contributed by atoms with Crippen molar-refractivity contribution in [2.45, 2.75) is 6.92 Å². The van der Waals surface area contributed by atoms with Gasteiger partial charge in [0.1, 0.15) is 17.1 Å². The van der Waals surface area contributed by atoms with Crippen LogP contribution in [0.5, 0.6) is 0 Å². The number of rotatable bonds is 1. The molecule has 0 amide bonds. The number of aryl methyl sites for hydroxylation is 1. The second-order valence-corrected chi connectivity index (χ2v) is 9.22. The van der Waals surface area contributed by atoms with Gasteiger partial charge in [0.15, 0.2) is 5.58 Å². The van der Waals surface area contributed by atoms with E-state index in [1.165, 1.54) is 31.8 Å². The molecule has 0 atom stereocenters. The minimum Gasteiger partial charge on any atom is -0.454 e. The van der Waals surface area contributed by atoms with Crippen LogP contribution in [0.4, 0.5) is 4.39 Å². The van der Waals surface area contributed by atoms with Crippen LogP contribution >= 0.6 is 11.3 Å². The standard InChI is InChI=1S/C28H16FNOS/c1-15-13-16(14-19-17-7-3-5-12-23(17)32-28(15)19)26-27-24(18-8-2-4-10-21(18)30-26)25-20(29)9-6-11-22(25)31-27/h2-14H,1H3. The van der Waals surface area contributed by atoms with E-state index in [0.29, 0.717) is 16.6 Å². The summed E-state index contributed by atoms with van der Waals surface area (Å²) in [6, 6.07) is 25.7. The Balaban J connectivity index is 1.67. The number of benzene rings is 4. The number of halogens is 1. The zero-order chi connectivity index (χ0) is 21.4. The second kappa shape index (κ2) is 6.38. The molecule has 0 fully saturated rings. The average Bonchev–Trinajstić information content (AvgIpc) is 3.39. The molecule has 7 rings (SSSR count). The monoisotopic (exact) mass is 433 g/mol. The maximum atomic E-state index is 14.9. The molecular weight excluding hydrogens is 417 g/mol. The second-order valence-electron chi connectivity index (χ2n) is 8.16. The van der Waals surface area contributed by atoms with Gasteiger partial charge in [-0.1, -0.05) is 42.5 Å². The van der Waals surface area contributed by atoms with Gasteiger partial charge in [-0.05, 0) is 48.9 Å². The Kier molecular flexibility index (Phi) is 3.56. The molecule has 0 aliphatic heterocycles. The van der Waals surface area contributed by atoms with E-state index in [1.54, 1.807) is 6.07 Å². The zero-order valence-electron chi connectivity index (χ0n) is 17.1. The normalized spacial score (nSPS) is 12.1. The Morgan fingerprint density at radius 3 is 2.53 bits per heavy atom. The van der Waals surface area contributed by atoms with E-state index in [2.05, 4.69) is 43.3 Å². The molecule has 0 unspecified atom stereocenters. The van der Waals surface area contributed by atoms with Crippen LogP contribution in [0.2, 0.25) is 0 Å². The van der Waals surface area contributed by atoms with E-state index >= 15 is 0 Å². The van der Waals surface area contributed by atoms with Crippen molar-refractivity contribution in [1.29, 1.82) is 0 Å². The summed E-state index contributed by atoms with van der Waals surface area (Å²) < 4.78 is 23.7. The highest BCUT2D eigenvalue weighted by atomic mass is 32.1. The summed E-state index contributed by atoms with van der Waals surface area (Å²) in [6.07, 6.45) is 0. The highest BCUT2D eigenvalue weighted by Gasteiger charge is 2.20. The number of para-hydroxylation sites is 1. The molecule has 0 saturated carbocycles. The summed E-state index contributed by atoms with van der Waals surface area (Å²) in [5.41, 5.74) is 4.92. The molecule has 7 aromatic rings. The fraction of sp³-hybridized carbons (Fsp3) is 0.0357. The smallest absolute Gasteiger partial charge is 0.162 e. The number of hydrogen-bond donors (Lipinski definition) is 0. The fourth-order valence-electron chi connectivity index (χ4n) is 4.81. The molecule has 32 heavy (non-hydrogen) atoms. The lowest BCUT2D eigenvalue weighted by Crippen LogP contribution is -1.89. The van der Waals surface area contributed by atoms with E-state index in [9.17, 15) is 4.39 Å². The van der Waals surface area contributed by atoms with Gasteiger partial charge in [0.25, 0.3) is 0 Å². The van der Waals surface area contributed by atoms with E-state index in [4.69, 9.17) is 9.40 Å². The van der Waals surface area contributed by atoms with Crippen molar-refractivity contribution in [2.75, 3.05) is 0 Å². The van der Waals surface area contributed by atoms with Gasteiger partial charge in [-0.25, -0.2) is 9.37 Å². The van der Waals surface area contributed by atoms with Crippen molar-refractivity contribution in [1.82, 2.24) is 4.98 Å². The molecule has 0 spiro atoms. The van der Waals surface area contributed by atoms with Crippen molar-refractivity contribution in [3.05, 3.63) is 90.2 Å². The number of pyridine rings is 1. The van der Waals surface area contributed by atoms with Crippen LogP contribution < -0.4 is 0 Å². The Morgan fingerprint density at radius 2 is 1.62 bits per heavy atom. The molecule has 4 heteroatoms. The quantitative estimate of drug-likeness (QED) is 0.259. The van der Waals surface area contributed by atoms with Gasteiger partial charge in [-0.15, -0.1) is 11.3 Å². The topological polar surface area (TPSA) is 26.0 Å². The lowest BCUT2D eigenvalue weighted by atomic mass is 10.00. The maximum absolute atomic E-state index is 14.9. The first-order valence-electron chi connectivity index (χ1n) is 10.5. The van der Waals surface area contributed by atoms with Gasteiger partial charge < -0.3 is 4.42 Å². The van der Waals surface area contributed by atoms with E-state index in [-0.39, 0.29) is 5.82 Å². The molecule has 3 aromatic heterocycles. The van der Waals surface area contributed by atoms with Crippen molar-refractivity contribution < 1.29 is 8.81 Å². The summed E-state index contributed by atoms with van der Waals surface area (Å²) in [5, 5.41) is 4.65. The van der Waals surface area contributed by atoms with E-state index < -0.39 is 0 Å². The Labute approximate surface area is 186 Å². The highest BCUT2D eigenvalue weighted by molar-refractivity contribution is 7.26. The third-order valence-corrected chi connectivity index (χ3v) is 7.54. The summed E-state index contributed by atoms with van der Waals surface area (Å²) in [5.74, 6) is -0.279. The lowest BCUT2D eigenvalue weighted by molar-refractivity contribution is 0.633. The molecule has 0 N–H and O–H groups in total. The van der Waals surface area contributed by atoms with E-state index in [1.807, 2.05) is 41.7 Å². The minimum absolute atomic E-state index is 0.279. The molecule has 152 valence electrons. The van der Waals surface area contributed by atoms with Gasteiger partial charge in [-0.2, -0.15) is 0 Å². The number of fused-ring (bicyclic) bond motifs is 8. The Morgan fingerprint density at radius 1 is 0.812 bits per heavy atom. The van der Waals surface area contributed by atoms with Gasteiger partial charge >= 0.3 is 0 Å². The minimum atomic E-state index is -0.279. The zero-order valence-corrected chi connectivity index (χ0v) is 18.0. The number of nitrogens with zero attached hydrogens (tertiary/aromatic N) is 1.